The average molecular weight is 461 g/mol. The molecule has 3 saturated heterocycles. The lowest BCUT2D eigenvalue weighted by atomic mass is 10.00. The van der Waals surface area contributed by atoms with Gasteiger partial charge in [-0.3, -0.25) is 20.3 Å². The Hall–Kier alpha value is -1.95. The van der Waals surface area contributed by atoms with Crippen LogP contribution in [0.25, 0.3) is 11.3 Å². The van der Waals surface area contributed by atoms with Gasteiger partial charge in [-0.15, -0.1) is 11.3 Å². The highest BCUT2D eigenvalue weighted by molar-refractivity contribution is 7.10. The maximum absolute atomic E-state index is 14.3. The zero-order valence-corrected chi connectivity index (χ0v) is 18.7. The maximum Gasteiger partial charge on any atom is 0.235 e. The van der Waals surface area contributed by atoms with E-state index in [0.717, 1.165) is 39.0 Å². The van der Waals surface area contributed by atoms with Gasteiger partial charge in [0.25, 0.3) is 0 Å². The minimum Gasteiger partial charge on any atom is -0.379 e. The van der Waals surface area contributed by atoms with Gasteiger partial charge in [-0.2, -0.15) is 0 Å². The molecule has 2 aromatic rings. The number of nitrogens with zero attached hydrogens (tertiary/aromatic N) is 2. The molecular formula is C22H29FN6O2S. The summed E-state index contributed by atoms with van der Waals surface area (Å²) in [5.41, 5.74) is 1.01. The van der Waals surface area contributed by atoms with Crippen molar-refractivity contribution in [2.45, 2.75) is 37.3 Å². The fourth-order valence-electron chi connectivity index (χ4n) is 4.59. The number of carbonyl (C=O) groups excluding carboxylic acids is 1. The molecule has 10 heteroatoms. The number of morpholine rings is 1. The topological polar surface area (TPSA) is 90.6 Å². The number of aromatic nitrogens is 1. The van der Waals surface area contributed by atoms with Gasteiger partial charge < -0.3 is 15.4 Å². The number of thiazole rings is 1. The van der Waals surface area contributed by atoms with Crippen molar-refractivity contribution < 1.29 is 13.9 Å². The number of ether oxygens (including phenoxy) is 1. The minimum absolute atomic E-state index is 0.0732. The Morgan fingerprint density at radius 1 is 1.25 bits per heavy atom. The van der Waals surface area contributed by atoms with Crippen LogP contribution < -0.4 is 21.3 Å². The number of benzene rings is 1. The smallest absolute Gasteiger partial charge is 0.235 e. The second-order valence-corrected chi connectivity index (χ2v) is 9.33. The van der Waals surface area contributed by atoms with Crippen LogP contribution in [0, 0.1) is 5.82 Å². The number of halogens is 1. The Morgan fingerprint density at radius 2 is 2.09 bits per heavy atom. The fourth-order valence-corrected chi connectivity index (χ4v) is 5.54. The minimum atomic E-state index is -0.500. The van der Waals surface area contributed by atoms with Crippen LogP contribution >= 0.6 is 11.3 Å². The summed E-state index contributed by atoms with van der Waals surface area (Å²) >= 11 is 1.40. The zero-order valence-electron chi connectivity index (χ0n) is 17.9. The van der Waals surface area contributed by atoms with E-state index in [2.05, 4.69) is 31.2 Å². The molecule has 1 amide bonds. The Morgan fingerprint density at radius 3 is 2.88 bits per heavy atom. The van der Waals surface area contributed by atoms with Crippen molar-refractivity contribution in [2.75, 3.05) is 39.4 Å². The number of hydrogen-bond acceptors (Lipinski definition) is 8. The SMILES string of the molecule is O=C1NC(N2CCOCC2)NC(N[C@@H]2CCCNC2)C1c1nc(-c2ccccc2F)cs1. The quantitative estimate of drug-likeness (QED) is 0.530. The van der Waals surface area contributed by atoms with E-state index in [0.29, 0.717) is 29.5 Å². The van der Waals surface area contributed by atoms with E-state index in [1.165, 1.54) is 17.4 Å². The van der Waals surface area contributed by atoms with Crippen LogP contribution in [0.5, 0.6) is 0 Å². The summed E-state index contributed by atoms with van der Waals surface area (Å²) in [5.74, 6) is -0.887. The van der Waals surface area contributed by atoms with Gasteiger partial charge in [-0.05, 0) is 31.5 Å². The standard InChI is InChI=1S/C22H29FN6O2S/c23-16-6-2-1-5-15(16)17-13-32-21(26-17)18-19(25-14-4-3-7-24-12-14)27-22(28-20(18)30)29-8-10-31-11-9-29/h1-2,5-6,13-14,18-19,22,24-25,27H,3-4,7-12H2,(H,28,30)/t14-,18?,19?,22?/m1/s1. The molecule has 5 rings (SSSR count). The van der Waals surface area contributed by atoms with Crippen LogP contribution in [0.15, 0.2) is 29.6 Å². The monoisotopic (exact) mass is 460 g/mol. The summed E-state index contributed by atoms with van der Waals surface area (Å²) in [4.78, 5) is 20.2. The van der Waals surface area contributed by atoms with E-state index in [-0.39, 0.29) is 30.2 Å². The predicted molar refractivity (Wildman–Crippen MR) is 121 cm³/mol. The van der Waals surface area contributed by atoms with Crippen LogP contribution in [0.3, 0.4) is 0 Å². The van der Waals surface area contributed by atoms with Crippen molar-refractivity contribution >= 4 is 17.2 Å². The van der Waals surface area contributed by atoms with Crippen LogP contribution in [0.2, 0.25) is 0 Å². The Labute approximate surface area is 190 Å². The third-order valence-corrected chi connectivity index (χ3v) is 7.22. The summed E-state index contributed by atoms with van der Waals surface area (Å²) in [6, 6.07) is 6.86. The first kappa shape index (κ1) is 21.9. The molecule has 0 aliphatic carbocycles. The number of piperidine rings is 1. The molecule has 3 aliphatic rings. The fraction of sp³-hybridized carbons (Fsp3) is 0.545. The van der Waals surface area contributed by atoms with Crippen molar-refractivity contribution in [2.24, 2.45) is 0 Å². The van der Waals surface area contributed by atoms with Crippen molar-refractivity contribution in [1.82, 2.24) is 31.2 Å². The molecule has 3 aliphatic heterocycles. The average Bonchev–Trinajstić information content (AvgIpc) is 3.30. The van der Waals surface area contributed by atoms with Gasteiger partial charge in [0.15, 0.2) is 0 Å². The molecule has 0 radical (unpaired) electrons. The summed E-state index contributed by atoms with van der Waals surface area (Å²) in [7, 11) is 0. The van der Waals surface area contributed by atoms with Crippen LogP contribution in [-0.2, 0) is 9.53 Å². The molecular weight excluding hydrogens is 431 g/mol. The lowest BCUT2D eigenvalue weighted by molar-refractivity contribution is -0.131. The number of nitrogens with one attached hydrogen (secondary N) is 4. The first-order valence-electron chi connectivity index (χ1n) is 11.2. The molecule has 1 aromatic carbocycles. The second kappa shape index (κ2) is 9.90. The van der Waals surface area contributed by atoms with Gasteiger partial charge in [-0.1, -0.05) is 12.1 Å². The molecule has 1 aromatic heterocycles. The molecule has 32 heavy (non-hydrogen) atoms. The van der Waals surface area contributed by atoms with Gasteiger partial charge in [-0.25, -0.2) is 9.37 Å². The molecule has 0 spiro atoms. The van der Waals surface area contributed by atoms with Gasteiger partial charge in [0.05, 0.1) is 25.1 Å². The molecule has 4 heterocycles. The number of rotatable bonds is 5. The molecule has 0 saturated carbocycles. The van der Waals surface area contributed by atoms with E-state index >= 15 is 0 Å². The first-order valence-corrected chi connectivity index (χ1v) is 12.1. The van der Waals surface area contributed by atoms with E-state index < -0.39 is 5.92 Å². The number of carbonyl (C=O) groups is 1. The lowest BCUT2D eigenvalue weighted by Crippen LogP contribution is -2.71. The van der Waals surface area contributed by atoms with Crippen molar-refractivity contribution in [3.63, 3.8) is 0 Å². The number of hydrogen-bond donors (Lipinski definition) is 4. The molecule has 172 valence electrons. The highest BCUT2D eigenvalue weighted by Crippen LogP contribution is 2.31. The normalized spacial score (nSPS) is 29.6. The zero-order chi connectivity index (χ0) is 21.9. The summed E-state index contributed by atoms with van der Waals surface area (Å²) in [6.45, 7) is 4.72. The molecule has 0 bridgehead atoms. The highest BCUT2D eigenvalue weighted by atomic mass is 32.1. The summed E-state index contributed by atoms with van der Waals surface area (Å²) in [5, 5.41) is 16.3. The number of amides is 1. The molecule has 4 N–H and O–H groups in total. The van der Waals surface area contributed by atoms with E-state index in [1.54, 1.807) is 18.2 Å². The van der Waals surface area contributed by atoms with Gasteiger partial charge in [0.1, 0.15) is 23.0 Å². The summed E-state index contributed by atoms with van der Waals surface area (Å²) in [6.07, 6.45) is 1.62. The largest absolute Gasteiger partial charge is 0.379 e. The maximum atomic E-state index is 14.3. The first-order chi connectivity index (χ1) is 15.7. The van der Waals surface area contributed by atoms with E-state index in [1.807, 2.05) is 5.38 Å². The third kappa shape index (κ3) is 4.70. The second-order valence-electron chi connectivity index (χ2n) is 8.44. The Kier molecular flexibility index (Phi) is 6.77. The van der Waals surface area contributed by atoms with E-state index in [9.17, 15) is 9.18 Å². The van der Waals surface area contributed by atoms with Crippen molar-refractivity contribution in [3.8, 4) is 11.3 Å². The van der Waals surface area contributed by atoms with Gasteiger partial charge >= 0.3 is 0 Å². The summed E-state index contributed by atoms with van der Waals surface area (Å²) < 4.78 is 19.7. The van der Waals surface area contributed by atoms with Crippen LogP contribution in [0.4, 0.5) is 4.39 Å². The molecule has 3 unspecified atom stereocenters. The molecule has 8 nitrogen and oxygen atoms in total. The predicted octanol–water partition coefficient (Wildman–Crippen LogP) is 1.04. The Bertz CT molecular complexity index is 931. The third-order valence-electron chi connectivity index (χ3n) is 6.29. The van der Waals surface area contributed by atoms with E-state index in [4.69, 9.17) is 4.74 Å². The van der Waals surface area contributed by atoms with Gasteiger partial charge in [0, 0.05) is 36.6 Å². The van der Waals surface area contributed by atoms with Crippen LogP contribution in [0.1, 0.15) is 23.8 Å². The van der Waals surface area contributed by atoms with Gasteiger partial charge in [0.2, 0.25) is 5.91 Å². The highest BCUT2D eigenvalue weighted by Gasteiger charge is 2.42. The van der Waals surface area contributed by atoms with Crippen molar-refractivity contribution in [1.29, 1.82) is 0 Å². The van der Waals surface area contributed by atoms with Crippen molar-refractivity contribution in [3.05, 3.63) is 40.5 Å². The lowest BCUT2D eigenvalue weighted by Gasteiger charge is -2.44. The Balaban J connectivity index is 1.40. The molecule has 3 fully saturated rings. The van der Waals surface area contributed by atoms with Crippen LogP contribution in [-0.4, -0.2) is 73.7 Å². The molecule has 4 atom stereocenters.